The van der Waals surface area contributed by atoms with E-state index in [1.807, 2.05) is 6.92 Å². The minimum Gasteiger partial charge on any atom is -0.453 e. The molecule has 1 aromatic rings. The Hall–Kier alpha value is -0.940. The Morgan fingerprint density at radius 3 is 2.72 bits per heavy atom. The van der Waals surface area contributed by atoms with Crippen LogP contribution in [0.1, 0.15) is 23.7 Å². The lowest BCUT2D eigenvalue weighted by Crippen LogP contribution is -2.33. The molecule has 0 radical (unpaired) electrons. The largest absolute Gasteiger partial charge is 0.453 e. The minimum atomic E-state index is -1.34. The molecule has 0 N–H and O–H groups in total. The molecule has 0 unspecified atom stereocenters. The van der Waals surface area contributed by atoms with Crippen molar-refractivity contribution < 1.29 is 18.7 Å². The first kappa shape index (κ1) is 13.5. The van der Waals surface area contributed by atoms with Crippen LogP contribution in [0, 0.1) is 0 Å². The second kappa shape index (κ2) is 5.80. The summed E-state index contributed by atoms with van der Waals surface area (Å²) in [6.45, 7) is 1.87. The van der Waals surface area contributed by atoms with Crippen LogP contribution in [0.4, 0.5) is 4.39 Å². The van der Waals surface area contributed by atoms with E-state index in [0.29, 0.717) is 12.0 Å². The van der Waals surface area contributed by atoms with Gasteiger partial charge in [0.2, 0.25) is 0 Å². The van der Waals surface area contributed by atoms with E-state index < -0.39 is 29.4 Å². The maximum atomic E-state index is 13.8. The van der Waals surface area contributed by atoms with Crippen LogP contribution in [0.2, 0.25) is 0 Å². The number of carbonyl (C=O) groups excluding carboxylic acids is 1. The average molecular weight is 317 g/mol. The van der Waals surface area contributed by atoms with Crippen molar-refractivity contribution in [1.82, 2.24) is 0 Å². The van der Waals surface area contributed by atoms with Gasteiger partial charge in [0.25, 0.3) is 0 Å². The van der Waals surface area contributed by atoms with Crippen molar-refractivity contribution in [3.05, 3.63) is 35.9 Å². The predicted molar refractivity (Wildman–Crippen MR) is 68.4 cm³/mol. The molecular formula is C13H14BrFO3. The van der Waals surface area contributed by atoms with Gasteiger partial charge in [-0.05, 0) is 18.6 Å². The third kappa shape index (κ3) is 2.72. The van der Waals surface area contributed by atoms with Crippen LogP contribution < -0.4 is 0 Å². The molecule has 1 fully saturated rings. The van der Waals surface area contributed by atoms with Crippen molar-refractivity contribution in [2.75, 3.05) is 0 Å². The second-order valence-electron chi connectivity index (χ2n) is 4.11. The van der Waals surface area contributed by atoms with E-state index in [0.717, 1.165) is 0 Å². The van der Waals surface area contributed by atoms with Crippen LogP contribution in [0.5, 0.6) is 0 Å². The summed E-state index contributed by atoms with van der Waals surface area (Å²) in [5.74, 6) is -0.521. The van der Waals surface area contributed by atoms with Gasteiger partial charge in [-0.3, -0.25) is 0 Å². The molecule has 1 aliphatic heterocycles. The van der Waals surface area contributed by atoms with Gasteiger partial charge in [-0.1, -0.05) is 41.1 Å². The van der Waals surface area contributed by atoms with Crippen LogP contribution >= 0.6 is 15.9 Å². The zero-order valence-electron chi connectivity index (χ0n) is 9.88. The summed E-state index contributed by atoms with van der Waals surface area (Å²) in [5, 5.41) is -0.712. The van der Waals surface area contributed by atoms with E-state index in [-0.39, 0.29) is 0 Å². The lowest BCUT2D eigenvalue weighted by atomic mass is 10.1. The number of alkyl halides is 2. The summed E-state index contributed by atoms with van der Waals surface area (Å²) < 4.78 is 24.4. The molecule has 1 saturated heterocycles. The number of ether oxygens (including phenoxy) is 2. The first-order chi connectivity index (χ1) is 8.63. The third-order valence-electron chi connectivity index (χ3n) is 2.89. The topological polar surface area (TPSA) is 35.5 Å². The molecule has 0 aliphatic carbocycles. The van der Waals surface area contributed by atoms with Crippen molar-refractivity contribution in [3.8, 4) is 0 Å². The second-order valence-corrected chi connectivity index (χ2v) is 5.02. The third-order valence-corrected chi connectivity index (χ3v) is 3.61. The first-order valence-electron chi connectivity index (χ1n) is 5.83. The van der Waals surface area contributed by atoms with Gasteiger partial charge in [-0.25, -0.2) is 9.18 Å². The molecule has 0 amide bonds. The molecule has 98 valence electrons. The minimum absolute atomic E-state index is 0.406. The highest BCUT2D eigenvalue weighted by atomic mass is 79.9. The molecule has 1 heterocycles. The van der Waals surface area contributed by atoms with Gasteiger partial charge in [-0.2, -0.15) is 0 Å². The standard InChI is InChI=1S/C13H14BrFO3/c1-2-9-11(10(15)12(14)17-9)18-13(16)8-6-4-3-5-7-8/h3-7,9-12H,2H2,1H3/t9-,10+,11-,12+/m1/s1. The summed E-state index contributed by atoms with van der Waals surface area (Å²) in [6.07, 6.45) is -2.01. The summed E-state index contributed by atoms with van der Waals surface area (Å²) in [7, 11) is 0. The SMILES string of the molecule is CC[C@H]1O[C@H](Br)[C@@H](F)[C@@H]1OC(=O)c1ccccc1. The van der Waals surface area contributed by atoms with Gasteiger partial charge in [0.05, 0.1) is 11.7 Å². The van der Waals surface area contributed by atoms with Crippen molar-refractivity contribution in [2.24, 2.45) is 0 Å². The fourth-order valence-electron chi connectivity index (χ4n) is 1.91. The number of hydrogen-bond donors (Lipinski definition) is 0. The maximum absolute atomic E-state index is 13.8. The van der Waals surface area contributed by atoms with Crippen LogP contribution in [0.3, 0.4) is 0 Å². The zero-order chi connectivity index (χ0) is 13.1. The van der Waals surface area contributed by atoms with Crippen LogP contribution in [-0.4, -0.2) is 29.4 Å². The first-order valence-corrected chi connectivity index (χ1v) is 6.74. The molecule has 0 spiro atoms. The molecule has 2 rings (SSSR count). The van der Waals surface area contributed by atoms with E-state index >= 15 is 0 Å². The highest BCUT2D eigenvalue weighted by Gasteiger charge is 2.45. The fraction of sp³-hybridized carbons (Fsp3) is 0.462. The molecule has 0 aromatic heterocycles. The number of rotatable bonds is 3. The lowest BCUT2D eigenvalue weighted by molar-refractivity contribution is -0.00905. The Morgan fingerprint density at radius 2 is 2.11 bits per heavy atom. The molecule has 1 aromatic carbocycles. The van der Waals surface area contributed by atoms with E-state index in [2.05, 4.69) is 15.9 Å². The predicted octanol–water partition coefficient (Wildman–Crippen LogP) is 3.08. The monoisotopic (exact) mass is 316 g/mol. The van der Waals surface area contributed by atoms with Gasteiger partial charge >= 0.3 is 5.97 Å². The summed E-state index contributed by atoms with van der Waals surface area (Å²) in [5.41, 5.74) is 0.414. The Morgan fingerprint density at radius 1 is 1.44 bits per heavy atom. The van der Waals surface area contributed by atoms with Crippen molar-refractivity contribution in [3.63, 3.8) is 0 Å². The zero-order valence-corrected chi connectivity index (χ0v) is 11.5. The maximum Gasteiger partial charge on any atom is 0.338 e. The number of halogens is 2. The fourth-order valence-corrected chi connectivity index (χ4v) is 2.49. The van der Waals surface area contributed by atoms with Crippen molar-refractivity contribution >= 4 is 21.9 Å². The molecule has 1 aliphatic rings. The Kier molecular flexibility index (Phi) is 4.35. The highest BCUT2D eigenvalue weighted by molar-refractivity contribution is 9.09. The average Bonchev–Trinajstić information content (AvgIpc) is 2.67. The molecule has 3 nitrogen and oxygen atoms in total. The molecule has 5 heteroatoms. The molecular weight excluding hydrogens is 303 g/mol. The summed E-state index contributed by atoms with van der Waals surface area (Å²) in [4.78, 5) is 11.9. The number of esters is 1. The summed E-state index contributed by atoms with van der Waals surface area (Å²) >= 11 is 3.08. The van der Waals surface area contributed by atoms with Gasteiger partial charge in [0, 0.05) is 0 Å². The van der Waals surface area contributed by atoms with Crippen LogP contribution in [0.15, 0.2) is 30.3 Å². The van der Waals surface area contributed by atoms with Crippen molar-refractivity contribution in [1.29, 1.82) is 0 Å². The lowest BCUT2D eigenvalue weighted by Gasteiger charge is -2.18. The Bertz CT molecular complexity index is 412. The van der Waals surface area contributed by atoms with E-state index in [1.54, 1.807) is 30.3 Å². The smallest absolute Gasteiger partial charge is 0.338 e. The number of carbonyl (C=O) groups is 1. The van der Waals surface area contributed by atoms with Gasteiger partial charge in [-0.15, -0.1) is 0 Å². The highest BCUT2D eigenvalue weighted by Crippen LogP contribution is 2.32. The van der Waals surface area contributed by atoms with E-state index in [1.165, 1.54) is 0 Å². The quantitative estimate of drug-likeness (QED) is 0.635. The van der Waals surface area contributed by atoms with E-state index in [4.69, 9.17) is 9.47 Å². The normalized spacial score (nSPS) is 31.3. The van der Waals surface area contributed by atoms with E-state index in [9.17, 15) is 9.18 Å². The van der Waals surface area contributed by atoms with Gasteiger partial charge in [0.15, 0.2) is 12.3 Å². The summed E-state index contributed by atoms with van der Waals surface area (Å²) in [6, 6.07) is 8.55. The Balaban J connectivity index is 2.06. The molecule has 0 saturated carbocycles. The van der Waals surface area contributed by atoms with Crippen LogP contribution in [-0.2, 0) is 9.47 Å². The van der Waals surface area contributed by atoms with Crippen LogP contribution in [0.25, 0.3) is 0 Å². The molecule has 4 atom stereocenters. The van der Waals surface area contributed by atoms with Gasteiger partial charge < -0.3 is 9.47 Å². The number of hydrogen-bond acceptors (Lipinski definition) is 3. The molecule has 0 bridgehead atoms. The number of benzene rings is 1. The molecule has 18 heavy (non-hydrogen) atoms. The Labute approximate surface area is 113 Å². The van der Waals surface area contributed by atoms with Gasteiger partial charge in [0.1, 0.15) is 5.01 Å². The van der Waals surface area contributed by atoms with Crippen molar-refractivity contribution in [2.45, 2.75) is 36.7 Å².